The molecule has 0 unspecified atom stereocenters. The Morgan fingerprint density at radius 3 is 2.64 bits per heavy atom. The van der Waals surface area contributed by atoms with Gasteiger partial charge in [-0.25, -0.2) is 4.52 Å². The number of nitrogens with zero attached hydrogens (tertiary/aromatic N) is 3. The molecule has 0 aliphatic heterocycles. The van der Waals surface area contributed by atoms with Gasteiger partial charge in [0.25, 0.3) is 0 Å². The summed E-state index contributed by atoms with van der Waals surface area (Å²) >= 11 is 0. The molecule has 0 aromatic carbocycles. The molecule has 2 heterocycles. The first-order valence-electron chi connectivity index (χ1n) is 4.60. The van der Waals surface area contributed by atoms with E-state index in [9.17, 15) is 0 Å². The number of nitrogen functional groups attached to an aromatic ring is 1. The van der Waals surface area contributed by atoms with Gasteiger partial charge in [-0.1, -0.05) is 26.8 Å². The quantitative estimate of drug-likeness (QED) is 0.686. The van der Waals surface area contributed by atoms with Gasteiger partial charge in [0.05, 0.1) is 0 Å². The summed E-state index contributed by atoms with van der Waals surface area (Å²) < 4.78 is 1.80. The van der Waals surface area contributed by atoms with Crippen molar-refractivity contribution in [1.29, 1.82) is 0 Å². The summed E-state index contributed by atoms with van der Waals surface area (Å²) in [4.78, 5) is 4.12. The molecule has 0 fully saturated rings. The van der Waals surface area contributed by atoms with Gasteiger partial charge >= 0.3 is 0 Å². The molecule has 74 valence electrons. The Labute approximate surface area is 82.8 Å². The predicted molar refractivity (Wildman–Crippen MR) is 56.1 cm³/mol. The van der Waals surface area contributed by atoms with Crippen LogP contribution in [0.3, 0.4) is 0 Å². The van der Waals surface area contributed by atoms with Crippen molar-refractivity contribution in [2.45, 2.75) is 26.2 Å². The molecular weight excluding hydrogens is 176 g/mol. The van der Waals surface area contributed by atoms with Gasteiger partial charge in [0, 0.05) is 11.1 Å². The Kier molecular flexibility index (Phi) is 1.74. The fourth-order valence-electron chi connectivity index (χ4n) is 1.49. The Balaban J connectivity index is 2.77. The highest BCUT2D eigenvalue weighted by Gasteiger charge is 2.18. The average Bonchev–Trinajstić information content (AvgIpc) is 2.41. The number of aromatic nitrogens is 3. The molecule has 0 amide bonds. The average molecular weight is 190 g/mol. The maximum atomic E-state index is 5.56. The third-order valence-electron chi connectivity index (χ3n) is 2.14. The van der Waals surface area contributed by atoms with Crippen LogP contribution in [0.2, 0.25) is 0 Å². The van der Waals surface area contributed by atoms with Crippen LogP contribution in [0.5, 0.6) is 0 Å². The molecule has 0 radical (unpaired) electrons. The first kappa shape index (κ1) is 8.99. The van der Waals surface area contributed by atoms with Gasteiger partial charge in [0.1, 0.15) is 0 Å². The summed E-state index contributed by atoms with van der Waals surface area (Å²) in [6.07, 6.45) is 0. The number of pyridine rings is 1. The Morgan fingerprint density at radius 1 is 1.29 bits per heavy atom. The molecule has 0 atom stereocenters. The lowest BCUT2D eigenvalue weighted by atomic mass is 9.92. The number of hydrogen-bond acceptors (Lipinski definition) is 3. The van der Waals surface area contributed by atoms with E-state index in [0.717, 1.165) is 11.3 Å². The van der Waals surface area contributed by atoms with Crippen molar-refractivity contribution in [2.75, 3.05) is 5.73 Å². The molecule has 0 aliphatic carbocycles. The van der Waals surface area contributed by atoms with E-state index < -0.39 is 0 Å². The third kappa shape index (κ3) is 1.32. The molecular formula is C10H14N4. The van der Waals surface area contributed by atoms with E-state index in [1.54, 1.807) is 4.52 Å². The van der Waals surface area contributed by atoms with E-state index >= 15 is 0 Å². The largest absolute Gasteiger partial charge is 0.366 e. The fourth-order valence-corrected chi connectivity index (χ4v) is 1.49. The molecule has 14 heavy (non-hydrogen) atoms. The van der Waals surface area contributed by atoms with Crippen LogP contribution < -0.4 is 5.73 Å². The summed E-state index contributed by atoms with van der Waals surface area (Å²) in [5.41, 5.74) is 7.51. The van der Waals surface area contributed by atoms with E-state index in [1.165, 1.54) is 0 Å². The molecule has 0 bridgehead atoms. The Hall–Kier alpha value is -1.58. The molecule has 2 N–H and O–H groups in total. The summed E-state index contributed by atoms with van der Waals surface area (Å²) in [5.74, 6) is 0.321. The van der Waals surface area contributed by atoms with E-state index in [2.05, 4.69) is 30.9 Å². The lowest BCUT2D eigenvalue weighted by Crippen LogP contribution is -2.16. The summed E-state index contributed by atoms with van der Waals surface area (Å²) in [6.45, 7) is 6.42. The monoisotopic (exact) mass is 190 g/mol. The zero-order valence-corrected chi connectivity index (χ0v) is 8.65. The van der Waals surface area contributed by atoms with Crippen LogP contribution in [0.15, 0.2) is 18.2 Å². The second kappa shape index (κ2) is 2.70. The number of fused-ring (bicyclic) bond motifs is 1. The van der Waals surface area contributed by atoms with Crippen molar-refractivity contribution in [3.63, 3.8) is 0 Å². The van der Waals surface area contributed by atoms with E-state index in [-0.39, 0.29) is 5.41 Å². The smallest absolute Gasteiger partial charge is 0.240 e. The number of hydrogen-bond donors (Lipinski definition) is 1. The SMILES string of the molecule is CC(C)(C)c1cccc2nc(N)nn12. The van der Waals surface area contributed by atoms with Gasteiger partial charge in [0.15, 0.2) is 5.65 Å². The van der Waals surface area contributed by atoms with E-state index in [4.69, 9.17) is 5.73 Å². The van der Waals surface area contributed by atoms with Crippen LogP contribution in [0.25, 0.3) is 5.65 Å². The van der Waals surface area contributed by atoms with Gasteiger partial charge in [-0.05, 0) is 12.1 Å². The molecule has 4 nitrogen and oxygen atoms in total. The van der Waals surface area contributed by atoms with Crippen molar-refractivity contribution < 1.29 is 0 Å². The molecule has 4 heteroatoms. The molecule has 0 aliphatic rings. The van der Waals surface area contributed by atoms with Crippen LogP contribution in [0.1, 0.15) is 26.5 Å². The van der Waals surface area contributed by atoms with Crippen molar-refractivity contribution in [1.82, 2.24) is 14.6 Å². The Bertz CT molecular complexity index is 464. The van der Waals surface area contributed by atoms with Crippen LogP contribution in [-0.2, 0) is 5.41 Å². The van der Waals surface area contributed by atoms with Crippen molar-refractivity contribution in [3.8, 4) is 0 Å². The minimum absolute atomic E-state index is 0.0413. The second-order valence-corrected chi connectivity index (χ2v) is 4.40. The van der Waals surface area contributed by atoms with Crippen LogP contribution in [-0.4, -0.2) is 14.6 Å². The van der Waals surface area contributed by atoms with E-state index in [0.29, 0.717) is 5.95 Å². The molecule has 0 saturated carbocycles. The maximum Gasteiger partial charge on any atom is 0.240 e. The first-order chi connectivity index (χ1) is 6.48. The standard InChI is InChI=1S/C10H14N4/c1-10(2,3)7-5-4-6-8-12-9(11)13-14(7)8/h4-6H,1-3H3,(H2,11,13). The minimum atomic E-state index is 0.0413. The second-order valence-electron chi connectivity index (χ2n) is 4.40. The molecule has 0 saturated heterocycles. The van der Waals surface area contributed by atoms with Gasteiger partial charge in [-0.2, -0.15) is 4.98 Å². The lowest BCUT2D eigenvalue weighted by molar-refractivity contribution is 0.549. The topological polar surface area (TPSA) is 56.2 Å². The van der Waals surface area contributed by atoms with Crippen LogP contribution in [0.4, 0.5) is 5.95 Å². The zero-order chi connectivity index (χ0) is 10.3. The highest BCUT2D eigenvalue weighted by atomic mass is 15.3. The van der Waals surface area contributed by atoms with Crippen LogP contribution in [0, 0.1) is 0 Å². The van der Waals surface area contributed by atoms with Crippen molar-refractivity contribution >= 4 is 11.6 Å². The molecule has 2 aromatic rings. The molecule has 0 spiro atoms. The highest BCUT2D eigenvalue weighted by molar-refractivity contribution is 5.43. The predicted octanol–water partition coefficient (Wildman–Crippen LogP) is 1.61. The number of anilines is 1. The maximum absolute atomic E-state index is 5.56. The van der Waals surface area contributed by atoms with Gasteiger partial charge in [0.2, 0.25) is 5.95 Å². The van der Waals surface area contributed by atoms with E-state index in [1.807, 2.05) is 18.2 Å². The summed E-state index contributed by atoms with van der Waals surface area (Å²) in [6, 6.07) is 5.92. The van der Waals surface area contributed by atoms with Crippen LogP contribution >= 0.6 is 0 Å². The van der Waals surface area contributed by atoms with Crippen molar-refractivity contribution in [3.05, 3.63) is 23.9 Å². The van der Waals surface area contributed by atoms with Gasteiger partial charge in [-0.3, -0.25) is 0 Å². The third-order valence-corrected chi connectivity index (χ3v) is 2.14. The van der Waals surface area contributed by atoms with Gasteiger partial charge in [-0.15, -0.1) is 5.10 Å². The number of rotatable bonds is 0. The normalized spacial score (nSPS) is 12.2. The highest BCUT2D eigenvalue weighted by Crippen LogP contribution is 2.22. The Morgan fingerprint density at radius 2 is 2.00 bits per heavy atom. The zero-order valence-electron chi connectivity index (χ0n) is 8.65. The molecule has 2 rings (SSSR count). The summed E-state index contributed by atoms with van der Waals surface area (Å²) in [7, 11) is 0. The minimum Gasteiger partial charge on any atom is -0.366 e. The van der Waals surface area contributed by atoms with Gasteiger partial charge < -0.3 is 5.73 Å². The first-order valence-corrected chi connectivity index (χ1v) is 4.60. The summed E-state index contributed by atoms with van der Waals surface area (Å²) in [5, 5.41) is 4.16. The number of nitrogens with two attached hydrogens (primary N) is 1. The molecule has 2 aromatic heterocycles. The fraction of sp³-hybridized carbons (Fsp3) is 0.400. The van der Waals surface area contributed by atoms with Crippen molar-refractivity contribution in [2.24, 2.45) is 0 Å². The lowest BCUT2D eigenvalue weighted by Gasteiger charge is -2.19.